The summed E-state index contributed by atoms with van der Waals surface area (Å²) in [6.45, 7) is 0. The van der Waals surface area contributed by atoms with Crippen molar-refractivity contribution in [1.29, 1.82) is 0 Å². The van der Waals surface area contributed by atoms with Gasteiger partial charge in [-0.1, -0.05) is 12.1 Å². The third kappa shape index (κ3) is 3.76. The number of phenols is 1. The Morgan fingerprint density at radius 2 is 1.52 bits per heavy atom. The first-order chi connectivity index (χ1) is 12.3. The predicted molar refractivity (Wildman–Crippen MR) is 81.8 cm³/mol. The molecule has 0 heterocycles. The van der Waals surface area contributed by atoms with Crippen LogP contribution in [0, 0.1) is 0 Å². The third-order valence-corrected chi connectivity index (χ3v) is 3.57. The van der Waals surface area contributed by atoms with E-state index in [9.17, 15) is 40.6 Å². The second kappa shape index (κ2) is 6.63. The van der Waals surface area contributed by atoms with Gasteiger partial charge >= 0.3 is 18.0 Å². The number of aromatic hydroxyl groups is 1. The number of alkyl halides is 7. The average molecular weight is 396 g/mol. The Labute approximate surface area is 147 Å². The zero-order valence-electron chi connectivity index (χ0n) is 13.1. The van der Waals surface area contributed by atoms with E-state index in [4.69, 9.17) is 5.73 Å². The summed E-state index contributed by atoms with van der Waals surface area (Å²) < 4.78 is 90.3. The molecule has 0 radical (unpaired) electrons. The van der Waals surface area contributed by atoms with Gasteiger partial charge in [-0.2, -0.15) is 26.3 Å². The zero-order chi connectivity index (χ0) is 20.6. The monoisotopic (exact) mass is 396 g/mol. The molecule has 0 saturated carbocycles. The number of hydrogen-bond acceptors (Lipinski definition) is 3. The van der Waals surface area contributed by atoms with E-state index in [0.717, 1.165) is 0 Å². The van der Waals surface area contributed by atoms with Crippen molar-refractivity contribution >= 4 is 17.3 Å². The number of carbonyl (C=O) groups is 1. The summed E-state index contributed by atoms with van der Waals surface area (Å²) >= 11 is 0. The topological polar surface area (TPSA) is 75.4 Å². The van der Waals surface area contributed by atoms with Gasteiger partial charge in [0, 0.05) is 16.8 Å². The molecule has 0 atom stereocenters. The van der Waals surface area contributed by atoms with Crippen LogP contribution in [0.25, 0.3) is 0 Å². The lowest BCUT2D eigenvalue weighted by molar-refractivity contribution is -0.348. The SMILES string of the molecule is Nc1cccc(C(=O)Nc2ccc(C(F)(C(F)(F)F)C(F)(F)F)cc2O)c1. The van der Waals surface area contributed by atoms with Crippen LogP contribution in [-0.2, 0) is 5.67 Å². The van der Waals surface area contributed by atoms with Crippen LogP contribution in [0.2, 0.25) is 0 Å². The second-order valence-electron chi connectivity index (χ2n) is 5.47. The van der Waals surface area contributed by atoms with Crippen molar-refractivity contribution in [3.05, 3.63) is 53.6 Å². The van der Waals surface area contributed by atoms with Gasteiger partial charge in [0.25, 0.3) is 5.91 Å². The standard InChI is InChI=1S/C16H11F7N2O2/c17-14(15(18,19)20,16(21,22)23)9-4-5-11(12(26)7-9)25-13(27)8-2-1-3-10(24)6-8/h1-7,26H,24H2,(H,25,27). The highest BCUT2D eigenvalue weighted by atomic mass is 19.4. The number of phenolic OH excluding ortho intramolecular Hbond substituents is 1. The first-order valence-corrected chi connectivity index (χ1v) is 7.10. The maximum Gasteiger partial charge on any atom is 0.435 e. The molecule has 146 valence electrons. The van der Waals surface area contributed by atoms with Crippen molar-refractivity contribution in [2.75, 3.05) is 11.1 Å². The Kier molecular flexibility index (Phi) is 5.00. The molecule has 0 fully saturated rings. The van der Waals surface area contributed by atoms with Crippen molar-refractivity contribution < 1.29 is 40.6 Å². The van der Waals surface area contributed by atoms with Crippen molar-refractivity contribution in [2.24, 2.45) is 0 Å². The lowest BCUT2D eigenvalue weighted by Crippen LogP contribution is -2.50. The first-order valence-electron chi connectivity index (χ1n) is 7.10. The van der Waals surface area contributed by atoms with Crippen molar-refractivity contribution in [1.82, 2.24) is 0 Å². The van der Waals surface area contributed by atoms with Gasteiger partial charge in [-0.3, -0.25) is 4.79 Å². The number of nitrogen functional groups attached to an aromatic ring is 1. The number of anilines is 2. The average Bonchev–Trinajstić information content (AvgIpc) is 2.53. The lowest BCUT2D eigenvalue weighted by atomic mass is 9.93. The summed E-state index contributed by atoms with van der Waals surface area (Å²) in [6.07, 6.45) is -12.6. The fraction of sp³-hybridized carbons (Fsp3) is 0.188. The molecular weight excluding hydrogens is 385 g/mol. The third-order valence-electron chi connectivity index (χ3n) is 3.57. The van der Waals surface area contributed by atoms with E-state index in [2.05, 4.69) is 5.32 Å². The molecule has 4 nitrogen and oxygen atoms in total. The molecule has 0 aliphatic heterocycles. The van der Waals surface area contributed by atoms with Crippen LogP contribution in [0.5, 0.6) is 5.75 Å². The number of nitrogens with one attached hydrogen (secondary N) is 1. The minimum atomic E-state index is -6.32. The summed E-state index contributed by atoms with van der Waals surface area (Å²) in [5.41, 5.74) is -2.35. The number of benzene rings is 2. The number of hydrogen-bond donors (Lipinski definition) is 3. The van der Waals surface area contributed by atoms with Crippen molar-refractivity contribution in [3.8, 4) is 5.75 Å². The van der Waals surface area contributed by atoms with E-state index in [1.807, 2.05) is 0 Å². The number of rotatable bonds is 3. The highest BCUT2D eigenvalue weighted by Crippen LogP contribution is 2.53. The number of amides is 1. The van der Waals surface area contributed by atoms with Crippen LogP contribution in [0.3, 0.4) is 0 Å². The van der Waals surface area contributed by atoms with Crippen LogP contribution in [0.1, 0.15) is 15.9 Å². The Hall–Kier alpha value is -2.98. The van der Waals surface area contributed by atoms with Gasteiger partial charge < -0.3 is 16.2 Å². The van der Waals surface area contributed by atoms with E-state index in [-0.39, 0.29) is 23.4 Å². The van der Waals surface area contributed by atoms with E-state index in [0.29, 0.717) is 6.07 Å². The molecule has 2 aromatic carbocycles. The largest absolute Gasteiger partial charge is 0.506 e. The quantitative estimate of drug-likeness (QED) is 0.406. The van der Waals surface area contributed by atoms with Crippen LogP contribution in [0.15, 0.2) is 42.5 Å². The Morgan fingerprint density at radius 3 is 2.00 bits per heavy atom. The number of carbonyl (C=O) groups excluding carboxylic acids is 1. The van der Waals surface area contributed by atoms with Crippen LogP contribution < -0.4 is 11.1 Å². The summed E-state index contributed by atoms with van der Waals surface area (Å²) in [6, 6.07) is 6.14. The second-order valence-corrected chi connectivity index (χ2v) is 5.47. The normalized spacial score (nSPS) is 12.7. The first kappa shape index (κ1) is 20.3. The minimum absolute atomic E-state index is 0.0175. The molecule has 0 aromatic heterocycles. The summed E-state index contributed by atoms with van der Waals surface area (Å²) in [5, 5.41) is 11.8. The minimum Gasteiger partial charge on any atom is -0.506 e. The lowest BCUT2D eigenvalue weighted by Gasteiger charge is -2.30. The Balaban J connectivity index is 2.39. The molecule has 1 amide bonds. The highest BCUT2D eigenvalue weighted by molar-refractivity contribution is 6.05. The Morgan fingerprint density at radius 1 is 0.926 bits per heavy atom. The van der Waals surface area contributed by atoms with Gasteiger partial charge in [0.2, 0.25) is 0 Å². The molecule has 4 N–H and O–H groups in total. The molecule has 27 heavy (non-hydrogen) atoms. The van der Waals surface area contributed by atoms with Crippen LogP contribution in [-0.4, -0.2) is 23.4 Å². The van der Waals surface area contributed by atoms with Gasteiger partial charge in [0.15, 0.2) is 0 Å². The maximum atomic E-state index is 14.0. The number of nitrogens with two attached hydrogens (primary N) is 1. The van der Waals surface area contributed by atoms with Gasteiger partial charge in [0.1, 0.15) is 5.75 Å². The molecule has 2 rings (SSSR count). The van der Waals surface area contributed by atoms with E-state index in [1.165, 1.54) is 24.3 Å². The zero-order valence-corrected chi connectivity index (χ0v) is 13.1. The van der Waals surface area contributed by atoms with E-state index >= 15 is 0 Å². The van der Waals surface area contributed by atoms with Crippen molar-refractivity contribution in [3.63, 3.8) is 0 Å². The summed E-state index contributed by atoms with van der Waals surface area (Å²) in [7, 11) is 0. The van der Waals surface area contributed by atoms with Gasteiger partial charge in [0.05, 0.1) is 5.69 Å². The number of halogens is 7. The van der Waals surface area contributed by atoms with Crippen molar-refractivity contribution in [2.45, 2.75) is 18.0 Å². The van der Waals surface area contributed by atoms with E-state index in [1.54, 1.807) is 0 Å². The smallest absolute Gasteiger partial charge is 0.435 e. The molecule has 0 saturated heterocycles. The summed E-state index contributed by atoms with van der Waals surface area (Å²) in [5.74, 6) is -2.02. The maximum absolute atomic E-state index is 14.0. The molecule has 0 bridgehead atoms. The predicted octanol–water partition coefficient (Wildman–Crippen LogP) is 4.52. The Bertz CT molecular complexity index is 849. The van der Waals surface area contributed by atoms with Gasteiger partial charge in [-0.25, -0.2) is 4.39 Å². The van der Waals surface area contributed by atoms with Crippen LogP contribution in [0.4, 0.5) is 42.1 Å². The van der Waals surface area contributed by atoms with Crippen LogP contribution >= 0.6 is 0 Å². The van der Waals surface area contributed by atoms with E-state index < -0.39 is 40.9 Å². The molecule has 0 unspecified atom stereocenters. The fourth-order valence-electron chi connectivity index (χ4n) is 2.21. The summed E-state index contributed by atoms with van der Waals surface area (Å²) in [4.78, 5) is 12.0. The molecule has 0 aliphatic rings. The van der Waals surface area contributed by atoms with Gasteiger partial charge in [-0.15, -0.1) is 0 Å². The fourth-order valence-corrected chi connectivity index (χ4v) is 2.21. The molecular formula is C16H11F7N2O2. The highest BCUT2D eigenvalue weighted by Gasteiger charge is 2.73. The molecule has 0 spiro atoms. The molecule has 0 aliphatic carbocycles. The molecule has 11 heteroatoms. The molecule has 2 aromatic rings. The van der Waals surface area contributed by atoms with Gasteiger partial charge in [-0.05, 0) is 30.3 Å².